The summed E-state index contributed by atoms with van der Waals surface area (Å²) in [6.07, 6.45) is 6.86. The highest BCUT2D eigenvalue weighted by Crippen LogP contribution is 2.30. The van der Waals surface area contributed by atoms with E-state index in [4.69, 9.17) is 18.9 Å². The maximum atomic E-state index is 12.9. The minimum absolute atomic E-state index is 0.0871. The first-order chi connectivity index (χ1) is 21.8. The number of esters is 2. The first-order valence-electron chi connectivity index (χ1n) is 13.8. The number of nitrogens with one attached hydrogen (secondary N) is 2. The number of hydrazone groups is 2. The zero-order valence-electron chi connectivity index (χ0n) is 24.4. The topological polar surface area (TPSA) is 171 Å². The lowest BCUT2D eigenvalue weighted by atomic mass is 10.2. The quantitative estimate of drug-likeness (QED) is 0.136. The minimum atomic E-state index is -1.31. The van der Waals surface area contributed by atoms with Crippen molar-refractivity contribution in [1.82, 2.24) is 19.9 Å². The van der Waals surface area contributed by atoms with Gasteiger partial charge in [0.05, 0.1) is 23.8 Å². The van der Waals surface area contributed by atoms with Gasteiger partial charge in [-0.25, -0.2) is 19.6 Å². The molecule has 14 nitrogen and oxygen atoms in total. The Balaban J connectivity index is 1.09. The molecule has 5 rings (SSSR count). The van der Waals surface area contributed by atoms with Crippen LogP contribution < -0.4 is 10.9 Å². The van der Waals surface area contributed by atoms with Crippen LogP contribution in [0.25, 0.3) is 0 Å². The van der Waals surface area contributed by atoms with Gasteiger partial charge in [-0.2, -0.15) is 10.2 Å². The van der Waals surface area contributed by atoms with Crippen molar-refractivity contribution in [2.24, 2.45) is 10.2 Å². The minimum Gasteiger partial charge on any atom is -0.459 e. The van der Waals surface area contributed by atoms with Crippen molar-refractivity contribution in [3.8, 4) is 0 Å². The first kappa shape index (κ1) is 30.8. The van der Waals surface area contributed by atoms with E-state index >= 15 is 0 Å². The highest BCUT2D eigenvalue weighted by atomic mass is 16.8. The van der Waals surface area contributed by atoms with Crippen LogP contribution in [-0.4, -0.2) is 62.3 Å². The summed E-state index contributed by atoms with van der Waals surface area (Å²) in [5.74, 6) is -1.53. The maximum absolute atomic E-state index is 12.9. The molecule has 0 saturated carbocycles. The van der Waals surface area contributed by atoms with Crippen LogP contribution in [0.3, 0.4) is 0 Å². The summed E-state index contributed by atoms with van der Waals surface area (Å²) in [6.45, 7) is 3.02. The van der Waals surface area contributed by atoms with Crippen molar-refractivity contribution in [2.45, 2.75) is 45.1 Å². The molecule has 0 unspecified atom stereocenters. The highest BCUT2D eigenvalue weighted by molar-refractivity contribution is 5.86. The zero-order valence-corrected chi connectivity index (χ0v) is 24.4. The molecule has 0 radical (unpaired) electrons. The molecule has 230 valence electrons. The molecular formula is C31H30N8O6. The van der Waals surface area contributed by atoms with E-state index in [-0.39, 0.29) is 13.2 Å². The Morgan fingerprint density at radius 2 is 1.20 bits per heavy atom. The number of hydrogen-bond acceptors (Lipinski definition) is 14. The fraction of sp³-hybridized carbons (Fsp3) is 0.226. The van der Waals surface area contributed by atoms with Crippen molar-refractivity contribution >= 4 is 36.0 Å². The lowest BCUT2D eigenvalue weighted by Gasteiger charge is -2.16. The predicted molar refractivity (Wildman–Crippen MR) is 163 cm³/mol. The Morgan fingerprint density at radius 1 is 0.733 bits per heavy atom. The van der Waals surface area contributed by atoms with Gasteiger partial charge in [0.2, 0.25) is 0 Å². The molecule has 0 bridgehead atoms. The molecule has 14 heteroatoms. The molecule has 4 aromatic rings. The van der Waals surface area contributed by atoms with Crippen molar-refractivity contribution in [2.75, 3.05) is 10.9 Å². The van der Waals surface area contributed by atoms with Crippen molar-refractivity contribution in [1.29, 1.82) is 0 Å². The second kappa shape index (κ2) is 14.7. The van der Waals surface area contributed by atoms with Gasteiger partial charge in [-0.1, -0.05) is 24.3 Å². The van der Waals surface area contributed by atoms with Gasteiger partial charge >= 0.3 is 11.9 Å². The fourth-order valence-corrected chi connectivity index (χ4v) is 3.96. The number of carbonyl (C=O) groups excluding carboxylic acids is 2. The summed E-state index contributed by atoms with van der Waals surface area (Å²) in [7, 11) is 0. The van der Waals surface area contributed by atoms with E-state index in [9.17, 15) is 9.59 Å². The average molecular weight is 611 g/mol. The summed E-state index contributed by atoms with van der Waals surface area (Å²) < 4.78 is 22.2. The molecule has 0 aliphatic carbocycles. The summed E-state index contributed by atoms with van der Waals surface area (Å²) in [5, 5.41) is 8.18. The number of carbonyl (C=O) groups is 2. The lowest BCUT2D eigenvalue weighted by Crippen LogP contribution is -2.39. The molecule has 1 aliphatic rings. The van der Waals surface area contributed by atoms with Crippen LogP contribution in [0.4, 0.5) is 11.6 Å². The Morgan fingerprint density at radius 3 is 1.58 bits per heavy atom. The van der Waals surface area contributed by atoms with Gasteiger partial charge < -0.3 is 18.9 Å². The molecule has 45 heavy (non-hydrogen) atoms. The van der Waals surface area contributed by atoms with E-state index in [0.717, 1.165) is 0 Å². The SMILES string of the molecule is CC1(C)O[C@@H](C(=O)OCc2ccc(/C=N/Nc3ccccn3)nc2)[C@H](C(=O)OCc2ccc(/C=N/Nc3ccccn3)nc2)O1. The number of anilines is 2. The normalized spacial score (nSPS) is 17.3. The third-order valence-corrected chi connectivity index (χ3v) is 6.10. The number of hydrogen-bond donors (Lipinski definition) is 2. The Kier molecular flexibility index (Phi) is 10.1. The molecule has 4 aromatic heterocycles. The second-order valence-electron chi connectivity index (χ2n) is 10.0. The standard InChI is InChI=1S/C31H30N8O6/c1-31(2)44-27(29(40)42-19-21-9-11-23(34-15-21)17-36-38-25-7-3-5-13-32-25)28(45-31)30(41)43-20-22-10-12-24(35-16-22)18-37-39-26-8-4-6-14-33-26/h3-18,27-28H,19-20H2,1-2H3,(H,32,38)(H,33,39)/b36-17+,37-18+/t27-,28-/m1/s1. The number of pyridine rings is 4. The van der Waals surface area contributed by atoms with E-state index in [1.54, 1.807) is 75.0 Å². The number of aromatic nitrogens is 4. The Labute approximate surface area is 258 Å². The molecule has 0 spiro atoms. The van der Waals surface area contributed by atoms with Crippen LogP contribution in [0.1, 0.15) is 36.4 Å². The predicted octanol–water partition coefficient (Wildman–Crippen LogP) is 3.47. The zero-order chi connectivity index (χ0) is 31.5. The van der Waals surface area contributed by atoms with Gasteiger partial charge in [0.15, 0.2) is 18.0 Å². The molecule has 2 N–H and O–H groups in total. The summed E-state index contributed by atoms with van der Waals surface area (Å²) in [5.41, 5.74) is 8.04. The number of nitrogens with zero attached hydrogens (tertiary/aromatic N) is 6. The van der Waals surface area contributed by atoms with Gasteiger partial charge in [0, 0.05) is 35.9 Å². The molecule has 2 atom stereocenters. The van der Waals surface area contributed by atoms with E-state index in [1.165, 1.54) is 12.4 Å². The summed E-state index contributed by atoms with van der Waals surface area (Å²) in [4.78, 5) is 42.7. The molecule has 1 fully saturated rings. The van der Waals surface area contributed by atoms with Crippen LogP contribution in [0.15, 0.2) is 95.7 Å². The van der Waals surface area contributed by atoms with Crippen molar-refractivity contribution in [3.63, 3.8) is 0 Å². The monoisotopic (exact) mass is 610 g/mol. The average Bonchev–Trinajstić information content (AvgIpc) is 3.40. The fourth-order valence-electron chi connectivity index (χ4n) is 3.96. The highest BCUT2D eigenvalue weighted by Gasteiger charge is 2.50. The maximum Gasteiger partial charge on any atom is 0.339 e. The van der Waals surface area contributed by atoms with Crippen LogP contribution in [0.5, 0.6) is 0 Å². The van der Waals surface area contributed by atoms with Gasteiger partial charge in [-0.05, 0) is 50.2 Å². The smallest absolute Gasteiger partial charge is 0.339 e. The molecular weight excluding hydrogens is 580 g/mol. The van der Waals surface area contributed by atoms with Gasteiger partial charge in [0.1, 0.15) is 24.8 Å². The van der Waals surface area contributed by atoms with Crippen molar-refractivity contribution in [3.05, 3.63) is 108 Å². The van der Waals surface area contributed by atoms with Gasteiger partial charge in [-0.3, -0.25) is 20.8 Å². The van der Waals surface area contributed by atoms with E-state index < -0.39 is 29.9 Å². The van der Waals surface area contributed by atoms with Crippen LogP contribution >= 0.6 is 0 Å². The third-order valence-electron chi connectivity index (χ3n) is 6.10. The summed E-state index contributed by atoms with van der Waals surface area (Å²) in [6, 6.07) is 17.8. The molecule has 1 saturated heterocycles. The van der Waals surface area contributed by atoms with E-state index in [0.29, 0.717) is 34.2 Å². The lowest BCUT2D eigenvalue weighted by molar-refractivity contribution is -0.174. The van der Waals surface area contributed by atoms with Crippen molar-refractivity contribution < 1.29 is 28.5 Å². The van der Waals surface area contributed by atoms with Crippen LogP contribution in [0, 0.1) is 0 Å². The largest absolute Gasteiger partial charge is 0.459 e. The van der Waals surface area contributed by atoms with Crippen LogP contribution in [-0.2, 0) is 41.8 Å². The van der Waals surface area contributed by atoms with Gasteiger partial charge in [-0.15, -0.1) is 0 Å². The summed E-state index contributed by atoms with van der Waals surface area (Å²) >= 11 is 0. The second-order valence-corrected chi connectivity index (χ2v) is 10.0. The molecule has 5 heterocycles. The van der Waals surface area contributed by atoms with E-state index in [2.05, 4.69) is 41.0 Å². The third kappa shape index (κ3) is 9.19. The first-order valence-corrected chi connectivity index (χ1v) is 13.8. The number of rotatable bonds is 12. The molecule has 1 aliphatic heterocycles. The molecule has 0 amide bonds. The van der Waals surface area contributed by atoms with Gasteiger partial charge in [0.25, 0.3) is 0 Å². The molecule has 0 aromatic carbocycles. The number of ether oxygens (including phenoxy) is 4. The van der Waals surface area contributed by atoms with Crippen LogP contribution in [0.2, 0.25) is 0 Å². The Hall–Kier alpha value is -5.60. The van der Waals surface area contributed by atoms with E-state index in [1.807, 2.05) is 24.3 Å². The Bertz CT molecular complexity index is 1500.